The van der Waals surface area contributed by atoms with Crippen LogP contribution in [0.15, 0.2) is 46.9 Å². The summed E-state index contributed by atoms with van der Waals surface area (Å²) < 4.78 is 44.8. The number of rotatable bonds is 9. The Morgan fingerprint density at radius 2 is 1.76 bits per heavy atom. The minimum atomic E-state index is -2.90. The van der Waals surface area contributed by atoms with E-state index in [1.54, 1.807) is 0 Å². The second kappa shape index (κ2) is 10.8. The maximum atomic E-state index is 14.7. The van der Waals surface area contributed by atoms with Crippen molar-refractivity contribution in [2.75, 3.05) is 37.6 Å². The SMILES string of the molecule is CCN1CCN(Cc2ccc(N(C=O)Cc3ccc(-c4nnc(C(F)F)o4)cc3F)cc2)CC1. The van der Waals surface area contributed by atoms with Gasteiger partial charge in [-0.05, 0) is 36.4 Å². The van der Waals surface area contributed by atoms with Gasteiger partial charge in [0.15, 0.2) is 0 Å². The molecule has 2 heterocycles. The number of hydrogen-bond acceptors (Lipinski definition) is 6. The molecule has 2 aromatic carbocycles. The second-order valence-electron chi connectivity index (χ2n) is 8.16. The molecule has 180 valence electrons. The molecule has 1 saturated heterocycles. The molecule has 0 saturated carbocycles. The Labute approximate surface area is 195 Å². The first-order valence-corrected chi connectivity index (χ1v) is 11.1. The van der Waals surface area contributed by atoms with Crippen molar-refractivity contribution in [3.05, 3.63) is 65.3 Å². The first-order chi connectivity index (χ1) is 16.5. The zero-order valence-electron chi connectivity index (χ0n) is 18.8. The van der Waals surface area contributed by atoms with Crippen LogP contribution in [0.2, 0.25) is 0 Å². The van der Waals surface area contributed by atoms with Crippen LogP contribution in [0.5, 0.6) is 0 Å². The highest BCUT2D eigenvalue weighted by atomic mass is 19.3. The van der Waals surface area contributed by atoms with E-state index in [9.17, 15) is 18.0 Å². The number of amides is 1. The van der Waals surface area contributed by atoms with E-state index in [1.807, 2.05) is 24.3 Å². The number of likely N-dealkylation sites (N-methyl/N-ethyl adjacent to an activating group) is 1. The first-order valence-electron chi connectivity index (χ1n) is 11.1. The zero-order valence-corrected chi connectivity index (χ0v) is 18.8. The van der Waals surface area contributed by atoms with Crippen molar-refractivity contribution >= 4 is 12.1 Å². The standard InChI is InChI=1S/C24H26F3N5O2/c1-2-30-9-11-31(12-10-30)14-17-3-7-20(8-4-17)32(16-33)15-19-6-5-18(13-21(19)25)23-28-29-24(34-23)22(26)27/h3-8,13,16,22H,2,9-12,14-15H2,1H3. The average molecular weight is 473 g/mol. The summed E-state index contributed by atoms with van der Waals surface area (Å²) >= 11 is 0. The predicted octanol–water partition coefficient (Wildman–Crippen LogP) is 4.11. The van der Waals surface area contributed by atoms with Gasteiger partial charge in [0.1, 0.15) is 5.82 Å². The van der Waals surface area contributed by atoms with Crippen LogP contribution in [0.3, 0.4) is 0 Å². The molecule has 0 radical (unpaired) electrons. The summed E-state index contributed by atoms with van der Waals surface area (Å²) in [6.45, 7) is 8.29. The molecular weight excluding hydrogens is 447 g/mol. The van der Waals surface area contributed by atoms with E-state index >= 15 is 0 Å². The lowest BCUT2D eigenvalue weighted by molar-refractivity contribution is -0.107. The van der Waals surface area contributed by atoms with Gasteiger partial charge in [-0.2, -0.15) is 8.78 Å². The molecule has 0 aliphatic carbocycles. The van der Waals surface area contributed by atoms with Crippen molar-refractivity contribution < 1.29 is 22.4 Å². The lowest BCUT2D eigenvalue weighted by Gasteiger charge is -2.34. The van der Waals surface area contributed by atoms with Crippen molar-refractivity contribution in [1.29, 1.82) is 0 Å². The highest BCUT2D eigenvalue weighted by Crippen LogP contribution is 2.26. The van der Waals surface area contributed by atoms with Gasteiger partial charge < -0.3 is 14.2 Å². The van der Waals surface area contributed by atoms with Crippen LogP contribution >= 0.6 is 0 Å². The Morgan fingerprint density at radius 3 is 2.35 bits per heavy atom. The largest absolute Gasteiger partial charge is 0.415 e. The van der Waals surface area contributed by atoms with Gasteiger partial charge in [-0.25, -0.2) is 4.39 Å². The Balaban J connectivity index is 1.40. The maximum Gasteiger partial charge on any atom is 0.314 e. The number of benzene rings is 2. The lowest BCUT2D eigenvalue weighted by atomic mass is 10.1. The summed E-state index contributed by atoms with van der Waals surface area (Å²) in [6, 6.07) is 11.7. The fourth-order valence-corrected chi connectivity index (χ4v) is 3.94. The summed E-state index contributed by atoms with van der Waals surface area (Å²) in [5.41, 5.74) is 2.25. The number of hydrogen-bond donors (Lipinski definition) is 0. The first kappa shape index (κ1) is 23.9. The number of halogens is 3. The van der Waals surface area contributed by atoms with Crippen LogP contribution in [-0.4, -0.2) is 59.1 Å². The number of anilines is 1. The number of piperazine rings is 1. The van der Waals surface area contributed by atoms with Gasteiger partial charge in [0.25, 0.3) is 5.89 Å². The van der Waals surface area contributed by atoms with Crippen LogP contribution in [0.4, 0.5) is 18.9 Å². The molecule has 1 aliphatic rings. The van der Waals surface area contributed by atoms with E-state index in [-0.39, 0.29) is 23.6 Å². The van der Waals surface area contributed by atoms with E-state index in [2.05, 4.69) is 26.9 Å². The van der Waals surface area contributed by atoms with Crippen LogP contribution in [0, 0.1) is 5.82 Å². The fourth-order valence-electron chi connectivity index (χ4n) is 3.94. The van der Waals surface area contributed by atoms with Gasteiger partial charge in [0, 0.05) is 49.5 Å². The van der Waals surface area contributed by atoms with Crippen LogP contribution in [0.1, 0.15) is 30.4 Å². The minimum Gasteiger partial charge on any atom is -0.415 e. The Bertz CT molecular complexity index is 1100. The van der Waals surface area contributed by atoms with Gasteiger partial charge in [-0.3, -0.25) is 9.69 Å². The minimum absolute atomic E-state index is 0.0139. The van der Waals surface area contributed by atoms with E-state index in [0.29, 0.717) is 12.1 Å². The number of aromatic nitrogens is 2. The van der Waals surface area contributed by atoms with Crippen molar-refractivity contribution in [1.82, 2.24) is 20.0 Å². The molecule has 0 bridgehead atoms. The van der Waals surface area contributed by atoms with Gasteiger partial charge in [0.05, 0.1) is 6.54 Å². The van der Waals surface area contributed by atoms with Crippen molar-refractivity contribution in [3.8, 4) is 11.5 Å². The molecule has 34 heavy (non-hydrogen) atoms. The highest BCUT2D eigenvalue weighted by molar-refractivity contribution is 5.75. The van der Waals surface area contributed by atoms with E-state index in [0.717, 1.165) is 50.9 Å². The molecular formula is C24H26F3N5O2. The van der Waals surface area contributed by atoms with E-state index in [1.165, 1.54) is 17.0 Å². The number of alkyl halides is 2. The molecule has 1 aromatic heterocycles. The van der Waals surface area contributed by atoms with Gasteiger partial charge in [-0.1, -0.05) is 25.1 Å². The quantitative estimate of drug-likeness (QED) is 0.436. The summed E-state index contributed by atoms with van der Waals surface area (Å²) in [5.74, 6) is -1.62. The molecule has 0 atom stereocenters. The Morgan fingerprint density at radius 1 is 1.06 bits per heavy atom. The molecule has 1 aliphatic heterocycles. The van der Waals surface area contributed by atoms with E-state index in [4.69, 9.17) is 4.42 Å². The summed E-state index contributed by atoms with van der Waals surface area (Å²) in [5, 5.41) is 6.77. The van der Waals surface area contributed by atoms with Gasteiger partial charge >= 0.3 is 6.43 Å². The summed E-state index contributed by atoms with van der Waals surface area (Å²) in [4.78, 5) is 18.0. The van der Waals surface area contributed by atoms with Crippen LogP contribution < -0.4 is 4.90 Å². The zero-order chi connectivity index (χ0) is 24.1. The Kier molecular flexibility index (Phi) is 7.59. The predicted molar refractivity (Wildman–Crippen MR) is 121 cm³/mol. The molecule has 0 unspecified atom stereocenters. The molecule has 1 fully saturated rings. The van der Waals surface area contributed by atoms with Crippen LogP contribution in [0.25, 0.3) is 11.5 Å². The van der Waals surface area contributed by atoms with Gasteiger partial charge in [0.2, 0.25) is 12.3 Å². The summed E-state index contributed by atoms with van der Waals surface area (Å²) in [7, 11) is 0. The van der Waals surface area contributed by atoms with Gasteiger partial charge in [-0.15, -0.1) is 10.2 Å². The molecule has 10 heteroatoms. The lowest BCUT2D eigenvalue weighted by Crippen LogP contribution is -2.45. The molecule has 3 aromatic rings. The van der Waals surface area contributed by atoms with E-state index < -0.39 is 18.1 Å². The average Bonchev–Trinajstić information content (AvgIpc) is 3.35. The molecule has 0 N–H and O–H groups in total. The van der Waals surface area contributed by atoms with Crippen molar-refractivity contribution in [2.45, 2.75) is 26.4 Å². The van der Waals surface area contributed by atoms with Crippen molar-refractivity contribution in [2.24, 2.45) is 0 Å². The second-order valence-corrected chi connectivity index (χ2v) is 8.16. The topological polar surface area (TPSA) is 65.7 Å². The smallest absolute Gasteiger partial charge is 0.314 e. The maximum absolute atomic E-state index is 14.7. The normalized spacial score (nSPS) is 15.1. The highest BCUT2D eigenvalue weighted by Gasteiger charge is 2.19. The fraction of sp³-hybridized carbons (Fsp3) is 0.375. The molecule has 0 spiro atoms. The third kappa shape index (κ3) is 5.63. The number of nitrogens with zero attached hydrogens (tertiary/aromatic N) is 5. The van der Waals surface area contributed by atoms with Crippen LogP contribution in [-0.2, 0) is 17.9 Å². The molecule has 7 nitrogen and oxygen atoms in total. The number of carbonyl (C=O) groups is 1. The molecule has 1 amide bonds. The number of carbonyl (C=O) groups excluding carboxylic acids is 1. The van der Waals surface area contributed by atoms with Crippen molar-refractivity contribution in [3.63, 3.8) is 0 Å². The summed E-state index contributed by atoms with van der Waals surface area (Å²) in [6.07, 6.45) is -2.25. The Hall–Kier alpha value is -3.24. The monoisotopic (exact) mass is 473 g/mol. The molecule has 4 rings (SSSR count). The third-order valence-electron chi connectivity index (χ3n) is 5.98. The third-order valence-corrected chi connectivity index (χ3v) is 5.98.